The molecule has 0 saturated carbocycles. The predicted molar refractivity (Wildman–Crippen MR) is 48.5 cm³/mol. The molecule has 0 aromatic carbocycles. The lowest BCUT2D eigenvalue weighted by Gasteiger charge is -2.01. The highest BCUT2D eigenvalue weighted by molar-refractivity contribution is 6.17. The Morgan fingerprint density at radius 2 is 2.33 bits per heavy atom. The molecule has 4 heteroatoms. The first-order chi connectivity index (χ1) is 5.84. The molecule has 0 aliphatic heterocycles. The Bertz CT molecular complexity index is 284. The molecule has 0 radical (unpaired) electrons. The van der Waals surface area contributed by atoms with E-state index in [1.54, 1.807) is 10.9 Å². The lowest BCUT2D eigenvalue weighted by molar-refractivity contribution is 0.604. The number of halogens is 1. The van der Waals surface area contributed by atoms with Crippen molar-refractivity contribution in [3.63, 3.8) is 0 Å². The van der Waals surface area contributed by atoms with Gasteiger partial charge < -0.3 is 0 Å². The molecule has 1 heterocycles. The maximum Gasteiger partial charge on any atom is 0.253 e. The van der Waals surface area contributed by atoms with Gasteiger partial charge in [-0.1, -0.05) is 0 Å². The van der Waals surface area contributed by atoms with Crippen LogP contribution >= 0.6 is 11.6 Å². The summed E-state index contributed by atoms with van der Waals surface area (Å²) in [7, 11) is 0. The number of rotatable bonds is 4. The third-order valence-corrected chi connectivity index (χ3v) is 1.84. The van der Waals surface area contributed by atoms with Gasteiger partial charge in [0.2, 0.25) is 0 Å². The standard InChI is InChI=1S/C8H11ClN2O/c9-4-1-2-6-11-7-10-5-3-8(11)12/h3,5,7H,1-2,4,6H2. The van der Waals surface area contributed by atoms with Crippen LogP contribution in [0.15, 0.2) is 23.4 Å². The predicted octanol–water partition coefficient (Wildman–Crippen LogP) is 1.26. The molecule has 0 spiro atoms. The number of nitrogens with zero attached hydrogens (tertiary/aromatic N) is 2. The summed E-state index contributed by atoms with van der Waals surface area (Å²) in [6.07, 6.45) is 4.91. The first-order valence-corrected chi connectivity index (χ1v) is 4.44. The van der Waals surface area contributed by atoms with Gasteiger partial charge in [-0.25, -0.2) is 4.98 Å². The van der Waals surface area contributed by atoms with Gasteiger partial charge in [0.15, 0.2) is 0 Å². The third-order valence-electron chi connectivity index (χ3n) is 1.57. The molecule has 0 fully saturated rings. The molecule has 1 aromatic heterocycles. The van der Waals surface area contributed by atoms with Crippen LogP contribution in [0.4, 0.5) is 0 Å². The fourth-order valence-electron chi connectivity index (χ4n) is 0.923. The van der Waals surface area contributed by atoms with Gasteiger partial charge in [-0.3, -0.25) is 9.36 Å². The molecular weight excluding hydrogens is 176 g/mol. The smallest absolute Gasteiger partial charge is 0.253 e. The second-order valence-corrected chi connectivity index (χ2v) is 2.89. The van der Waals surface area contributed by atoms with Crippen molar-refractivity contribution in [2.45, 2.75) is 19.4 Å². The summed E-state index contributed by atoms with van der Waals surface area (Å²) in [6.45, 7) is 0.708. The summed E-state index contributed by atoms with van der Waals surface area (Å²) in [6, 6.07) is 1.46. The Morgan fingerprint density at radius 3 is 3.00 bits per heavy atom. The normalized spacial score (nSPS) is 10.1. The Hall–Kier alpha value is -0.830. The quantitative estimate of drug-likeness (QED) is 0.524. The van der Waals surface area contributed by atoms with E-state index in [-0.39, 0.29) is 5.56 Å². The molecule has 0 bridgehead atoms. The lowest BCUT2D eigenvalue weighted by Crippen LogP contribution is -2.18. The van der Waals surface area contributed by atoms with Crippen molar-refractivity contribution < 1.29 is 0 Å². The van der Waals surface area contributed by atoms with Crippen molar-refractivity contribution in [2.75, 3.05) is 5.88 Å². The van der Waals surface area contributed by atoms with Crippen LogP contribution in [0, 0.1) is 0 Å². The summed E-state index contributed by atoms with van der Waals surface area (Å²) in [5.41, 5.74) is -0.000396. The van der Waals surface area contributed by atoms with Gasteiger partial charge >= 0.3 is 0 Å². The van der Waals surface area contributed by atoms with Crippen molar-refractivity contribution in [3.05, 3.63) is 28.9 Å². The van der Waals surface area contributed by atoms with Gasteiger partial charge in [0.05, 0.1) is 6.33 Å². The van der Waals surface area contributed by atoms with Gasteiger partial charge in [-0.2, -0.15) is 0 Å². The van der Waals surface area contributed by atoms with E-state index < -0.39 is 0 Å². The minimum Gasteiger partial charge on any atom is -0.299 e. The zero-order chi connectivity index (χ0) is 8.81. The summed E-state index contributed by atoms with van der Waals surface area (Å²) in [5, 5.41) is 0. The maximum absolute atomic E-state index is 11.1. The summed E-state index contributed by atoms with van der Waals surface area (Å²) >= 11 is 5.50. The van der Waals surface area contributed by atoms with E-state index in [0.29, 0.717) is 12.4 Å². The molecule has 0 aliphatic rings. The maximum atomic E-state index is 11.1. The molecule has 0 atom stereocenters. The number of hydrogen-bond donors (Lipinski definition) is 0. The average Bonchev–Trinajstić information content (AvgIpc) is 2.09. The number of unbranched alkanes of at least 4 members (excludes halogenated alkanes) is 1. The highest BCUT2D eigenvalue weighted by Gasteiger charge is 1.92. The van der Waals surface area contributed by atoms with E-state index in [1.807, 2.05) is 0 Å². The minimum absolute atomic E-state index is 0.000396. The van der Waals surface area contributed by atoms with Crippen molar-refractivity contribution in [1.29, 1.82) is 0 Å². The Kier molecular flexibility index (Phi) is 3.80. The average molecular weight is 187 g/mol. The Morgan fingerprint density at radius 1 is 1.50 bits per heavy atom. The molecule has 0 amide bonds. The molecule has 1 aromatic rings. The summed E-state index contributed by atoms with van der Waals surface area (Å²) < 4.78 is 1.59. The lowest BCUT2D eigenvalue weighted by atomic mass is 10.3. The Balaban J connectivity index is 2.52. The van der Waals surface area contributed by atoms with E-state index >= 15 is 0 Å². The van der Waals surface area contributed by atoms with E-state index in [2.05, 4.69) is 4.98 Å². The fourth-order valence-corrected chi connectivity index (χ4v) is 1.11. The topological polar surface area (TPSA) is 34.9 Å². The molecule has 66 valence electrons. The van der Waals surface area contributed by atoms with E-state index in [4.69, 9.17) is 11.6 Å². The van der Waals surface area contributed by atoms with E-state index in [0.717, 1.165) is 12.8 Å². The van der Waals surface area contributed by atoms with Crippen LogP contribution in [0.25, 0.3) is 0 Å². The highest BCUT2D eigenvalue weighted by Crippen LogP contribution is 1.93. The molecular formula is C8H11ClN2O. The number of aromatic nitrogens is 2. The monoisotopic (exact) mass is 186 g/mol. The van der Waals surface area contributed by atoms with Crippen molar-refractivity contribution in [3.8, 4) is 0 Å². The van der Waals surface area contributed by atoms with Crippen LogP contribution in [0.1, 0.15) is 12.8 Å². The number of alkyl halides is 1. The fraction of sp³-hybridized carbons (Fsp3) is 0.500. The van der Waals surface area contributed by atoms with Crippen LogP contribution in [0.5, 0.6) is 0 Å². The minimum atomic E-state index is -0.000396. The van der Waals surface area contributed by atoms with Crippen LogP contribution in [-0.4, -0.2) is 15.4 Å². The molecule has 0 aliphatic carbocycles. The van der Waals surface area contributed by atoms with Gasteiger partial charge in [0, 0.05) is 24.7 Å². The van der Waals surface area contributed by atoms with Gasteiger partial charge in [-0.15, -0.1) is 11.6 Å². The molecule has 1 rings (SSSR count). The van der Waals surface area contributed by atoms with Gasteiger partial charge in [0.25, 0.3) is 5.56 Å². The highest BCUT2D eigenvalue weighted by atomic mass is 35.5. The van der Waals surface area contributed by atoms with Crippen molar-refractivity contribution >= 4 is 11.6 Å². The Labute approximate surface area is 76.0 Å². The molecule has 0 N–H and O–H groups in total. The SMILES string of the molecule is O=c1ccncn1CCCCCl. The molecule has 3 nitrogen and oxygen atoms in total. The number of hydrogen-bond acceptors (Lipinski definition) is 2. The van der Waals surface area contributed by atoms with Crippen LogP contribution in [0.3, 0.4) is 0 Å². The second-order valence-electron chi connectivity index (χ2n) is 2.51. The van der Waals surface area contributed by atoms with Gasteiger partial charge in [-0.05, 0) is 12.8 Å². The zero-order valence-electron chi connectivity index (χ0n) is 6.74. The van der Waals surface area contributed by atoms with Gasteiger partial charge in [0.1, 0.15) is 0 Å². The zero-order valence-corrected chi connectivity index (χ0v) is 7.50. The van der Waals surface area contributed by atoms with Crippen molar-refractivity contribution in [2.24, 2.45) is 0 Å². The van der Waals surface area contributed by atoms with Crippen LogP contribution in [0.2, 0.25) is 0 Å². The van der Waals surface area contributed by atoms with Crippen LogP contribution < -0.4 is 5.56 Å². The first kappa shape index (κ1) is 9.26. The summed E-state index contributed by atoms with van der Waals surface area (Å²) in [4.78, 5) is 15.0. The number of aryl methyl sites for hydroxylation is 1. The largest absolute Gasteiger partial charge is 0.299 e. The third kappa shape index (κ3) is 2.66. The molecule has 12 heavy (non-hydrogen) atoms. The van der Waals surface area contributed by atoms with Crippen LogP contribution in [-0.2, 0) is 6.54 Å². The molecule has 0 unspecified atom stereocenters. The van der Waals surface area contributed by atoms with E-state index in [1.165, 1.54) is 12.3 Å². The second kappa shape index (κ2) is 4.93. The first-order valence-electron chi connectivity index (χ1n) is 3.91. The van der Waals surface area contributed by atoms with E-state index in [9.17, 15) is 4.79 Å². The molecule has 0 saturated heterocycles. The van der Waals surface area contributed by atoms with Crippen molar-refractivity contribution in [1.82, 2.24) is 9.55 Å². The summed E-state index contributed by atoms with van der Waals surface area (Å²) in [5.74, 6) is 0.648.